The number of ether oxygens (including phenoxy) is 1. The van der Waals surface area contributed by atoms with Crippen molar-refractivity contribution in [3.05, 3.63) is 77.3 Å². The van der Waals surface area contributed by atoms with E-state index in [1.54, 1.807) is 29.0 Å². The predicted octanol–water partition coefficient (Wildman–Crippen LogP) is 3.90. The van der Waals surface area contributed by atoms with Crippen molar-refractivity contribution in [1.82, 2.24) is 9.55 Å². The molecule has 0 saturated carbocycles. The minimum atomic E-state index is -0.227. The lowest BCUT2D eigenvalue weighted by molar-refractivity contribution is 0.102. The number of carbonyl (C=O) groups is 1. The Kier molecular flexibility index (Phi) is 4.82. The lowest BCUT2D eigenvalue weighted by Crippen LogP contribution is -2.14. The Morgan fingerprint density at radius 1 is 1.17 bits per heavy atom. The van der Waals surface area contributed by atoms with Crippen molar-refractivity contribution >= 4 is 23.2 Å². The van der Waals surface area contributed by atoms with Crippen LogP contribution in [0.1, 0.15) is 16.2 Å². The molecular weight excluding hydrogens is 326 g/mol. The third kappa shape index (κ3) is 3.58. The SMILES string of the molecule is Cn1c(Cl)cnc1COc1ccccc1C(=O)Nc1ccccc1. The minimum absolute atomic E-state index is 0.221. The van der Waals surface area contributed by atoms with Gasteiger partial charge in [0.2, 0.25) is 0 Å². The number of para-hydroxylation sites is 2. The van der Waals surface area contributed by atoms with Gasteiger partial charge in [-0.15, -0.1) is 0 Å². The fourth-order valence-corrected chi connectivity index (χ4v) is 2.35. The summed E-state index contributed by atoms with van der Waals surface area (Å²) in [4.78, 5) is 16.7. The van der Waals surface area contributed by atoms with Crippen molar-refractivity contribution in [3.63, 3.8) is 0 Å². The molecule has 0 spiro atoms. The van der Waals surface area contributed by atoms with Crippen LogP contribution in [0, 0.1) is 0 Å². The molecule has 122 valence electrons. The molecule has 0 fully saturated rings. The van der Waals surface area contributed by atoms with Crippen molar-refractivity contribution in [1.29, 1.82) is 0 Å². The van der Waals surface area contributed by atoms with Gasteiger partial charge < -0.3 is 14.6 Å². The van der Waals surface area contributed by atoms with E-state index < -0.39 is 0 Å². The van der Waals surface area contributed by atoms with E-state index in [4.69, 9.17) is 16.3 Å². The molecule has 1 heterocycles. The van der Waals surface area contributed by atoms with Crippen LogP contribution in [0.25, 0.3) is 0 Å². The van der Waals surface area contributed by atoms with E-state index in [-0.39, 0.29) is 12.5 Å². The van der Waals surface area contributed by atoms with Gasteiger partial charge in [0, 0.05) is 12.7 Å². The van der Waals surface area contributed by atoms with Gasteiger partial charge in [0.1, 0.15) is 23.3 Å². The second-order valence-corrected chi connectivity index (χ2v) is 5.55. The smallest absolute Gasteiger partial charge is 0.259 e. The van der Waals surface area contributed by atoms with Crippen molar-refractivity contribution in [2.45, 2.75) is 6.61 Å². The summed E-state index contributed by atoms with van der Waals surface area (Å²) in [5.74, 6) is 0.943. The third-order valence-electron chi connectivity index (χ3n) is 3.55. The number of rotatable bonds is 5. The Hall–Kier alpha value is -2.79. The fourth-order valence-electron chi connectivity index (χ4n) is 2.20. The number of anilines is 1. The quantitative estimate of drug-likeness (QED) is 0.765. The zero-order valence-corrected chi connectivity index (χ0v) is 13.8. The molecule has 0 radical (unpaired) electrons. The number of halogens is 1. The highest BCUT2D eigenvalue weighted by molar-refractivity contribution is 6.29. The fraction of sp³-hybridized carbons (Fsp3) is 0.111. The number of carbonyl (C=O) groups excluding carboxylic acids is 1. The molecule has 0 aliphatic rings. The maximum absolute atomic E-state index is 12.5. The molecule has 5 nitrogen and oxygen atoms in total. The van der Waals surface area contributed by atoms with Crippen LogP contribution in [0.5, 0.6) is 5.75 Å². The Labute approximate surface area is 144 Å². The highest BCUT2D eigenvalue weighted by Gasteiger charge is 2.13. The van der Waals surface area contributed by atoms with Crippen LogP contribution in [-0.4, -0.2) is 15.5 Å². The molecule has 2 aromatic carbocycles. The van der Waals surface area contributed by atoms with Crippen LogP contribution in [0.15, 0.2) is 60.8 Å². The Morgan fingerprint density at radius 2 is 1.88 bits per heavy atom. The number of hydrogen-bond donors (Lipinski definition) is 1. The van der Waals surface area contributed by atoms with Gasteiger partial charge in [0.05, 0.1) is 11.8 Å². The van der Waals surface area contributed by atoms with E-state index in [1.807, 2.05) is 43.4 Å². The minimum Gasteiger partial charge on any atom is -0.485 e. The molecule has 1 N–H and O–H groups in total. The molecule has 3 aromatic rings. The van der Waals surface area contributed by atoms with Gasteiger partial charge in [0.15, 0.2) is 0 Å². The second kappa shape index (κ2) is 7.19. The Balaban J connectivity index is 1.75. The maximum atomic E-state index is 12.5. The topological polar surface area (TPSA) is 56.2 Å². The molecule has 0 bridgehead atoms. The zero-order valence-electron chi connectivity index (χ0n) is 13.1. The van der Waals surface area contributed by atoms with Crippen LogP contribution in [0.3, 0.4) is 0 Å². The van der Waals surface area contributed by atoms with Gasteiger partial charge in [-0.05, 0) is 24.3 Å². The van der Waals surface area contributed by atoms with Crippen LogP contribution < -0.4 is 10.1 Å². The summed E-state index contributed by atoms with van der Waals surface area (Å²) >= 11 is 5.96. The number of hydrogen-bond acceptors (Lipinski definition) is 3. The van der Waals surface area contributed by atoms with Crippen LogP contribution >= 0.6 is 11.6 Å². The van der Waals surface area contributed by atoms with E-state index >= 15 is 0 Å². The van der Waals surface area contributed by atoms with E-state index in [9.17, 15) is 4.79 Å². The lowest BCUT2D eigenvalue weighted by Gasteiger charge is -2.12. The monoisotopic (exact) mass is 341 g/mol. The second-order valence-electron chi connectivity index (χ2n) is 5.16. The average molecular weight is 342 g/mol. The van der Waals surface area contributed by atoms with Gasteiger partial charge >= 0.3 is 0 Å². The van der Waals surface area contributed by atoms with Gasteiger partial charge in [-0.3, -0.25) is 4.79 Å². The average Bonchev–Trinajstić information content (AvgIpc) is 2.93. The zero-order chi connectivity index (χ0) is 16.9. The highest BCUT2D eigenvalue weighted by atomic mass is 35.5. The molecule has 0 unspecified atom stereocenters. The van der Waals surface area contributed by atoms with Crippen LogP contribution in [-0.2, 0) is 13.7 Å². The van der Waals surface area contributed by atoms with Gasteiger partial charge in [-0.25, -0.2) is 4.98 Å². The number of nitrogens with zero attached hydrogens (tertiary/aromatic N) is 2. The van der Waals surface area contributed by atoms with E-state index in [2.05, 4.69) is 10.3 Å². The Morgan fingerprint density at radius 3 is 2.58 bits per heavy atom. The lowest BCUT2D eigenvalue weighted by atomic mass is 10.2. The summed E-state index contributed by atoms with van der Waals surface area (Å²) in [5, 5.41) is 3.38. The third-order valence-corrected chi connectivity index (χ3v) is 3.90. The van der Waals surface area contributed by atoms with Crippen molar-refractivity contribution in [2.75, 3.05) is 5.32 Å². The van der Waals surface area contributed by atoms with Crippen molar-refractivity contribution < 1.29 is 9.53 Å². The van der Waals surface area contributed by atoms with Crippen LogP contribution in [0.2, 0.25) is 5.15 Å². The van der Waals surface area contributed by atoms with Crippen molar-refractivity contribution in [2.24, 2.45) is 7.05 Å². The first kappa shape index (κ1) is 16.1. The van der Waals surface area contributed by atoms with Gasteiger partial charge in [-0.1, -0.05) is 41.9 Å². The number of benzene rings is 2. The highest BCUT2D eigenvalue weighted by Crippen LogP contribution is 2.21. The molecule has 24 heavy (non-hydrogen) atoms. The number of imidazole rings is 1. The largest absolute Gasteiger partial charge is 0.485 e. The van der Waals surface area contributed by atoms with Crippen molar-refractivity contribution in [3.8, 4) is 5.75 Å². The summed E-state index contributed by atoms with van der Waals surface area (Å²) in [6.07, 6.45) is 1.56. The van der Waals surface area contributed by atoms with Crippen LogP contribution in [0.4, 0.5) is 5.69 Å². The number of aromatic nitrogens is 2. The molecule has 0 atom stereocenters. The summed E-state index contributed by atoms with van der Waals surface area (Å²) in [5.41, 5.74) is 1.19. The molecule has 3 rings (SSSR count). The standard InChI is InChI=1S/C18H16ClN3O2/c1-22-16(19)11-20-17(22)12-24-15-10-6-5-9-14(15)18(23)21-13-7-3-2-4-8-13/h2-11H,12H2,1H3,(H,21,23). The predicted molar refractivity (Wildman–Crippen MR) is 93.4 cm³/mol. The van der Waals surface area contributed by atoms with E-state index in [0.29, 0.717) is 22.3 Å². The van der Waals surface area contributed by atoms with Gasteiger partial charge in [-0.2, -0.15) is 0 Å². The summed E-state index contributed by atoms with van der Waals surface area (Å²) in [6, 6.07) is 16.4. The number of amides is 1. The summed E-state index contributed by atoms with van der Waals surface area (Å²) in [7, 11) is 1.81. The molecular formula is C18H16ClN3O2. The number of nitrogens with one attached hydrogen (secondary N) is 1. The molecule has 0 saturated heterocycles. The first-order valence-corrected chi connectivity index (χ1v) is 7.77. The molecule has 6 heteroatoms. The normalized spacial score (nSPS) is 10.4. The Bertz CT molecular complexity index is 846. The van der Waals surface area contributed by atoms with E-state index in [0.717, 1.165) is 5.69 Å². The first-order chi connectivity index (χ1) is 11.6. The maximum Gasteiger partial charge on any atom is 0.259 e. The molecule has 1 aromatic heterocycles. The summed E-state index contributed by atoms with van der Waals surface area (Å²) < 4.78 is 7.50. The van der Waals surface area contributed by atoms with E-state index in [1.165, 1.54) is 0 Å². The molecule has 1 amide bonds. The molecule has 0 aliphatic heterocycles. The summed E-state index contributed by atoms with van der Waals surface area (Å²) in [6.45, 7) is 0.221. The molecule has 0 aliphatic carbocycles. The van der Waals surface area contributed by atoms with Gasteiger partial charge in [0.25, 0.3) is 5.91 Å². The first-order valence-electron chi connectivity index (χ1n) is 7.39.